The average molecular weight is 497 g/mol. The van der Waals surface area contributed by atoms with Crippen molar-refractivity contribution in [2.45, 2.75) is 64.3 Å². The van der Waals surface area contributed by atoms with Gasteiger partial charge in [-0.1, -0.05) is 15.9 Å². The minimum Gasteiger partial charge on any atom is -0.375 e. The number of halogens is 2. The predicted molar refractivity (Wildman–Crippen MR) is 127 cm³/mol. The van der Waals surface area contributed by atoms with Crippen LogP contribution in [0, 0.1) is 17.7 Å². The van der Waals surface area contributed by atoms with Gasteiger partial charge < -0.3 is 14.5 Å². The van der Waals surface area contributed by atoms with E-state index in [1.54, 1.807) is 13.2 Å². The summed E-state index contributed by atoms with van der Waals surface area (Å²) in [5, 5.41) is 0. The van der Waals surface area contributed by atoms with Crippen molar-refractivity contribution in [3.8, 4) is 0 Å². The molecule has 0 aromatic heterocycles. The summed E-state index contributed by atoms with van der Waals surface area (Å²) < 4.78 is 19.6. The summed E-state index contributed by atoms with van der Waals surface area (Å²) in [6.45, 7) is 6.53. The second kappa shape index (κ2) is 12.3. The van der Waals surface area contributed by atoms with Gasteiger partial charge in [0.05, 0.1) is 0 Å². The Morgan fingerprint density at radius 3 is 2.52 bits per heavy atom. The van der Waals surface area contributed by atoms with Gasteiger partial charge in [-0.05, 0) is 114 Å². The van der Waals surface area contributed by atoms with Gasteiger partial charge >= 0.3 is 0 Å². The van der Waals surface area contributed by atoms with Crippen LogP contribution >= 0.6 is 15.9 Å². The van der Waals surface area contributed by atoms with Crippen molar-refractivity contribution in [3.05, 3.63) is 34.1 Å². The molecule has 0 radical (unpaired) electrons. The van der Waals surface area contributed by atoms with Gasteiger partial charge in [-0.15, -0.1) is 0 Å². The summed E-state index contributed by atoms with van der Waals surface area (Å²) in [6, 6.07) is 5.40. The van der Waals surface area contributed by atoms with E-state index >= 15 is 0 Å². The van der Waals surface area contributed by atoms with E-state index in [1.165, 1.54) is 44.7 Å². The van der Waals surface area contributed by atoms with E-state index in [2.05, 4.69) is 27.8 Å². The van der Waals surface area contributed by atoms with Crippen molar-refractivity contribution in [3.63, 3.8) is 0 Å². The van der Waals surface area contributed by atoms with Crippen LogP contribution in [0.3, 0.4) is 0 Å². The summed E-state index contributed by atoms with van der Waals surface area (Å²) in [7, 11) is 1.59. The van der Waals surface area contributed by atoms with E-state index in [0.717, 1.165) is 54.9 Å². The molecule has 174 valence electrons. The summed E-state index contributed by atoms with van der Waals surface area (Å²) in [5.41, 5.74) is 1.10. The highest BCUT2D eigenvalue weighted by atomic mass is 79.9. The molecule has 1 aliphatic carbocycles. The lowest BCUT2D eigenvalue weighted by molar-refractivity contribution is -0.138. The van der Waals surface area contributed by atoms with Crippen molar-refractivity contribution in [2.24, 2.45) is 11.8 Å². The van der Waals surface area contributed by atoms with E-state index in [4.69, 9.17) is 4.74 Å². The maximum absolute atomic E-state index is 13.5. The highest BCUT2D eigenvalue weighted by molar-refractivity contribution is 9.10. The molecule has 1 saturated carbocycles. The summed E-state index contributed by atoms with van der Waals surface area (Å²) in [5.74, 6) is 1.42. The molecule has 31 heavy (non-hydrogen) atoms. The van der Waals surface area contributed by atoms with Crippen LogP contribution < -0.4 is 0 Å². The van der Waals surface area contributed by atoms with Crippen LogP contribution in [0.4, 0.5) is 4.39 Å². The normalized spacial score (nSPS) is 23.1. The van der Waals surface area contributed by atoms with Crippen LogP contribution in [0.25, 0.3) is 0 Å². The molecule has 0 spiro atoms. The molecule has 1 aliphatic heterocycles. The Labute approximate surface area is 195 Å². The van der Waals surface area contributed by atoms with Crippen molar-refractivity contribution in [1.29, 1.82) is 0 Å². The molecule has 2 fully saturated rings. The van der Waals surface area contributed by atoms with Crippen LogP contribution in [-0.4, -0.2) is 61.6 Å². The molecule has 6 heteroatoms. The van der Waals surface area contributed by atoms with Crippen LogP contribution in [0.1, 0.15) is 57.4 Å². The zero-order valence-corrected chi connectivity index (χ0v) is 20.7. The first kappa shape index (κ1) is 24.7. The molecule has 0 bridgehead atoms. The molecule has 1 amide bonds. The number of nitrogens with zero attached hydrogens (tertiary/aromatic N) is 2. The minimum atomic E-state index is -0.143. The van der Waals surface area contributed by atoms with Crippen molar-refractivity contribution in [1.82, 2.24) is 9.80 Å². The van der Waals surface area contributed by atoms with Crippen LogP contribution in [0.5, 0.6) is 0 Å². The summed E-state index contributed by atoms with van der Waals surface area (Å²) in [6.07, 6.45) is 9.33. The molecule has 0 N–H and O–H groups in total. The fourth-order valence-corrected chi connectivity index (χ4v) is 5.79. The lowest BCUT2D eigenvalue weighted by Crippen LogP contribution is -2.44. The molecule has 3 rings (SSSR count). The number of methoxy groups -OCH3 is 1. The third-order valence-electron chi connectivity index (χ3n) is 7.26. The van der Waals surface area contributed by atoms with E-state index in [9.17, 15) is 9.18 Å². The number of hydrogen-bond acceptors (Lipinski definition) is 3. The van der Waals surface area contributed by atoms with Gasteiger partial charge in [-0.3, -0.25) is 4.79 Å². The van der Waals surface area contributed by atoms with Crippen LogP contribution in [0.15, 0.2) is 22.7 Å². The van der Waals surface area contributed by atoms with Crippen LogP contribution in [0.2, 0.25) is 0 Å². The quantitative estimate of drug-likeness (QED) is 0.465. The van der Waals surface area contributed by atoms with E-state index in [1.807, 2.05) is 11.0 Å². The second-order valence-corrected chi connectivity index (χ2v) is 10.2. The molecule has 1 saturated heterocycles. The molecular weight excluding hydrogens is 459 g/mol. The number of carbonyl (C=O) groups is 1. The maximum atomic E-state index is 13.5. The number of likely N-dealkylation sites (N-methyl/N-ethyl adjacent to an activating group) is 1. The molecule has 0 atom stereocenters. The number of piperidine rings is 1. The first-order valence-corrected chi connectivity index (χ1v) is 12.7. The van der Waals surface area contributed by atoms with Gasteiger partial charge in [0.1, 0.15) is 12.4 Å². The fourth-order valence-electron chi connectivity index (χ4n) is 5.38. The molecule has 1 heterocycles. The molecule has 2 aliphatic rings. The Morgan fingerprint density at radius 1 is 1.16 bits per heavy atom. The number of carbonyl (C=O) groups excluding carboxylic acids is 1. The summed E-state index contributed by atoms with van der Waals surface area (Å²) >= 11 is 3.57. The third-order valence-corrected chi connectivity index (χ3v) is 8.04. The molecule has 1 aromatic rings. The average Bonchev–Trinajstić information content (AvgIpc) is 2.77. The Hall–Kier alpha value is -0.980. The Balaban J connectivity index is 1.35. The largest absolute Gasteiger partial charge is 0.375 e. The zero-order valence-electron chi connectivity index (χ0n) is 19.1. The van der Waals surface area contributed by atoms with Gasteiger partial charge in [-0.2, -0.15) is 0 Å². The van der Waals surface area contributed by atoms with Gasteiger partial charge in [0, 0.05) is 24.2 Å². The molecular formula is C25H38BrFN2O2. The monoisotopic (exact) mass is 496 g/mol. The standard InChI is InChI=1S/C25H38BrFN2O2/c1-3-29(25(30)18-31-2)23-7-4-19(5-8-23)10-13-28-14-11-20(12-15-28)16-21-17-22(27)6-9-24(21)26/h6,9,17,19-20,23H,3-5,7-8,10-16,18H2,1-2H3. The molecule has 0 unspecified atom stereocenters. The van der Waals surface area contributed by atoms with Crippen molar-refractivity contribution >= 4 is 21.8 Å². The maximum Gasteiger partial charge on any atom is 0.248 e. The first-order valence-electron chi connectivity index (χ1n) is 11.9. The number of rotatable bonds is 9. The molecule has 4 nitrogen and oxygen atoms in total. The summed E-state index contributed by atoms with van der Waals surface area (Å²) in [4.78, 5) is 16.9. The number of hydrogen-bond donors (Lipinski definition) is 0. The number of ether oxygens (including phenoxy) is 1. The van der Waals surface area contributed by atoms with Gasteiger partial charge in [0.2, 0.25) is 5.91 Å². The fraction of sp³-hybridized carbons (Fsp3) is 0.720. The number of benzene rings is 1. The lowest BCUT2D eigenvalue weighted by atomic mass is 9.83. The number of amides is 1. The predicted octanol–water partition coefficient (Wildman–Crippen LogP) is 5.29. The molecule has 1 aromatic carbocycles. The van der Waals surface area contributed by atoms with E-state index in [0.29, 0.717) is 12.0 Å². The topological polar surface area (TPSA) is 32.8 Å². The lowest BCUT2D eigenvalue weighted by Gasteiger charge is -2.37. The van der Waals surface area contributed by atoms with E-state index < -0.39 is 0 Å². The van der Waals surface area contributed by atoms with Crippen molar-refractivity contribution in [2.75, 3.05) is 39.9 Å². The highest BCUT2D eigenvalue weighted by Crippen LogP contribution is 2.31. The smallest absolute Gasteiger partial charge is 0.248 e. The van der Waals surface area contributed by atoms with Gasteiger partial charge in [0.25, 0.3) is 0 Å². The van der Waals surface area contributed by atoms with Crippen molar-refractivity contribution < 1.29 is 13.9 Å². The van der Waals surface area contributed by atoms with Gasteiger partial charge in [-0.25, -0.2) is 4.39 Å². The Bertz CT molecular complexity index is 701. The second-order valence-electron chi connectivity index (χ2n) is 9.30. The van der Waals surface area contributed by atoms with E-state index in [-0.39, 0.29) is 18.3 Å². The highest BCUT2D eigenvalue weighted by Gasteiger charge is 2.28. The Kier molecular flexibility index (Phi) is 9.79. The zero-order chi connectivity index (χ0) is 22.2. The number of likely N-dealkylation sites (tertiary alicyclic amines) is 1. The van der Waals surface area contributed by atoms with Gasteiger partial charge in [0.15, 0.2) is 0 Å². The minimum absolute atomic E-state index is 0.126. The Morgan fingerprint density at radius 2 is 1.87 bits per heavy atom. The van der Waals surface area contributed by atoms with Crippen LogP contribution in [-0.2, 0) is 16.0 Å². The first-order chi connectivity index (χ1) is 15.0. The third kappa shape index (κ3) is 7.26. The SMILES string of the molecule is CCN(C(=O)COC)C1CCC(CCN2CCC(Cc3cc(F)ccc3Br)CC2)CC1.